The summed E-state index contributed by atoms with van der Waals surface area (Å²) in [4.78, 5) is 11.7. The standard InChI is InChI=1S/C20H23NO2S/c1-19-8-6-16-15-5-3-14(22)10-13(15)2-4-17(16)18(19)7-9-20(19,23)11-24-12-21/h6,8,10,17-18,23H,2-5,7,9,11H2,1H3/t17-,18+,19+,20-/m1/s1. The molecule has 0 saturated heterocycles. The molecule has 1 fully saturated rings. The van der Waals surface area contributed by atoms with Crippen LogP contribution >= 0.6 is 11.8 Å². The van der Waals surface area contributed by atoms with E-state index in [2.05, 4.69) is 24.5 Å². The topological polar surface area (TPSA) is 61.1 Å². The molecule has 24 heavy (non-hydrogen) atoms. The summed E-state index contributed by atoms with van der Waals surface area (Å²) in [5.74, 6) is 1.68. The van der Waals surface area contributed by atoms with Gasteiger partial charge in [0, 0.05) is 17.6 Å². The zero-order chi connectivity index (χ0) is 16.9. The SMILES string of the molecule is C[C@]12C=CC3=C4CCC(=O)C=C4CC[C@H]3[C@@H]1CC[C@@]2(O)CSC#N. The van der Waals surface area contributed by atoms with Gasteiger partial charge in [-0.05, 0) is 78.5 Å². The molecule has 4 aliphatic rings. The molecule has 1 saturated carbocycles. The van der Waals surface area contributed by atoms with Crippen molar-refractivity contribution in [2.45, 2.75) is 51.0 Å². The first-order chi connectivity index (χ1) is 11.5. The molecule has 0 aromatic rings. The molecule has 0 spiro atoms. The van der Waals surface area contributed by atoms with Crippen LogP contribution in [0.2, 0.25) is 0 Å². The van der Waals surface area contributed by atoms with Gasteiger partial charge >= 0.3 is 0 Å². The average Bonchev–Trinajstić information content (AvgIpc) is 2.84. The summed E-state index contributed by atoms with van der Waals surface area (Å²) >= 11 is 1.17. The van der Waals surface area contributed by atoms with Crippen LogP contribution in [0.1, 0.15) is 45.4 Å². The number of rotatable bonds is 2. The van der Waals surface area contributed by atoms with Crippen molar-refractivity contribution in [1.82, 2.24) is 0 Å². The van der Waals surface area contributed by atoms with E-state index in [-0.39, 0.29) is 11.2 Å². The molecule has 0 unspecified atom stereocenters. The van der Waals surface area contributed by atoms with Crippen LogP contribution in [0.25, 0.3) is 0 Å². The van der Waals surface area contributed by atoms with E-state index in [9.17, 15) is 9.90 Å². The Labute approximate surface area is 147 Å². The van der Waals surface area contributed by atoms with Crippen molar-refractivity contribution < 1.29 is 9.90 Å². The summed E-state index contributed by atoms with van der Waals surface area (Å²) in [5, 5.41) is 22.3. The molecule has 0 bridgehead atoms. The van der Waals surface area contributed by atoms with Gasteiger partial charge in [0.1, 0.15) is 5.40 Å². The number of hydrogen-bond donors (Lipinski definition) is 1. The number of thioether (sulfide) groups is 1. The molecule has 4 heteroatoms. The highest BCUT2D eigenvalue weighted by Crippen LogP contribution is 2.61. The predicted molar refractivity (Wildman–Crippen MR) is 95.1 cm³/mol. The fourth-order valence-corrected chi connectivity index (χ4v) is 6.25. The zero-order valence-electron chi connectivity index (χ0n) is 14.0. The summed E-state index contributed by atoms with van der Waals surface area (Å²) in [6.45, 7) is 2.18. The highest BCUT2D eigenvalue weighted by Gasteiger charge is 2.59. The van der Waals surface area contributed by atoms with Crippen molar-refractivity contribution in [3.05, 3.63) is 34.9 Å². The third-order valence-corrected chi connectivity index (χ3v) is 7.68. The average molecular weight is 341 g/mol. The first-order valence-electron chi connectivity index (χ1n) is 8.88. The van der Waals surface area contributed by atoms with E-state index in [1.165, 1.54) is 28.5 Å². The Balaban J connectivity index is 1.74. The number of thiocyanates is 1. The van der Waals surface area contributed by atoms with Crippen LogP contribution in [0.5, 0.6) is 0 Å². The number of hydrogen-bond acceptors (Lipinski definition) is 4. The molecule has 4 atom stereocenters. The zero-order valence-corrected chi connectivity index (χ0v) is 14.9. The van der Waals surface area contributed by atoms with E-state index in [1.54, 1.807) is 0 Å². The molecule has 4 aliphatic carbocycles. The van der Waals surface area contributed by atoms with Crippen LogP contribution < -0.4 is 0 Å². The Morgan fingerprint density at radius 3 is 3.00 bits per heavy atom. The van der Waals surface area contributed by atoms with Crippen molar-refractivity contribution in [3.63, 3.8) is 0 Å². The second kappa shape index (κ2) is 5.61. The molecule has 1 N–H and O–H groups in total. The smallest absolute Gasteiger partial charge is 0.156 e. The van der Waals surface area contributed by atoms with E-state index in [4.69, 9.17) is 5.26 Å². The van der Waals surface area contributed by atoms with E-state index in [1.807, 2.05) is 6.08 Å². The van der Waals surface area contributed by atoms with Crippen LogP contribution in [0, 0.1) is 27.9 Å². The third kappa shape index (κ3) is 2.18. The lowest BCUT2D eigenvalue weighted by atomic mass is 9.58. The quantitative estimate of drug-likeness (QED) is 0.774. The minimum atomic E-state index is -0.788. The lowest BCUT2D eigenvalue weighted by Crippen LogP contribution is -2.49. The molecule has 4 rings (SSSR count). The Hall–Kier alpha value is -1.31. The Bertz CT molecular complexity index is 728. The fraction of sp³-hybridized carbons (Fsp3) is 0.600. The van der Waals surface area contributed by atoms with Gasteiger partial charge < -0.3 is 5.11 Å². The molecule has 3 nitrogen and oxygen atoms in total. The second-order valence-electron chi connectivity index (χ2n) is 7.89. The van der Waals surface area contributed by atoms with Gasteiger partial charge in [0.15, 0.2) is 5.78 Å². The molecular weight excluding hydrogens is 318 g/mol. The highest BCUT2D eigenvalue weighted by atomic mass is 32.2. The first kappa shape index (κ1) is 16.2. The van der Waals surface area contributed by atoms with Crippen LogP contribution in [0.4, 0.5) is 0 Å². The molecule has 0 aromatic heterocycles. The molecule has 0 amide bonds. The Morgan fingerprint density at radius 1 is 1.38 bits per heavy atom. The predicted octanol–water partition coefficient (Wildman–Crippen LogP) is 3.91. The number of aliphatic hydroxyl groups is 1. The van der Waals surface area contributed by atoms with Crippen molar-refractivity contribution in [2.75, 3.05) is 5.75 Å². The van der Waals surface area contributed by atoms with Crippen LogP contribution in [0.15, 0.2) is 34.9 Å². The summed E-state index contributed by atoms with van der Waals surface area (Å²) < 4.78 is 0. The molecule has 0 aliphatic heterocycles. The maximum atomic E-state index is 11.7. The molecular formula is C20H23NO2S. The summed E-state index contributed by atoms with van der Waals surface area (Å²) in [7, 11) is 0. The van der Waals surface area contributed by atoms with Gasteiger partial charge in [0.25, 0.3) is 0 Å². The summed E-state index contributed by atoms with van der Waals surface area (Å²) in [6.07, 6.45) is 11.7. The van der Waals surface area contributed by atoms with Gasteiger partial charge in [0.2, 0.25) is 0 Å². The van der Waals surface area contributed by atoms with Crippen LogP contribution in [-0.2, 0) is 4.79 Å². The monoisotopic (exact) mass is 341 g/mol. The van der Waals surface area contributed by atoms with E-state index >= 15 is 0 Å². The van der Waals surface area contributed by atoms with Crippen LogP contribution in [-0.4, -0.2) is 22.2 Å². The number of carbonyl (C=O) groups is 1. The lowest BCUT2D eigenvalue weighted by Gasteiger charge is -2.48. The normalized spacial score (nSPS) is 40.5. The first-order valence-corrected chi connectivity index (χ1v) is 9.86. The second-order valence-corrected chi connectivity index (χ2v) is 8.65. The Morgan fingerprint density at radius 2 is 2.21 bits per heavy atom. The van der Waals surface area contributed by atoms with Crippen molar-refractivity contribution in [1.29, 1.82) is 5.26 Å². The van der Waals surface area contributed by atoms with Gasteiger partial charge in [-0.3, -0.25) is 4.79 Å². The van der Waals surface area contributed by atoms with Crippen molar-refractivity contribution in [3.8, 4) is 5.40 Å². The van der Waals surface area contributed by atoms with E-state index < -0.39 is 5.60 Å². The molecule has 126 valence electrons. The maximum Gasteiger partial charge on any atom is 0.156 e. The largest absolute Gasteiger partial charge is 0.388 e. The summed E-state index contributed by atoms with van der Waals surface area (Å²) in [5.41, 5.74) is 3.02. The van der Waals surface area contributed by atoms with Crippen molar-refractivity contribution >= 4 is 17.5 Å². The highest BCUT2D eigenvalue weighted by molar-refractivity contribution is 8.03. The minimum Gasteiger partial charge on any atom is -0.388 e. The number of nitriles is 1. The Kier molecular flexibility index (Phi) is 3.78. The number of carbonyl (C=O) groups excluding carboxylic acids is 1. The van der Waals surface area contributed by atoms with Gasteiger partial charge in [-0.15, -0.1) is 0 Å². The van der Waals surface area contributed by atoms with Gasteiger partial charge in [-0.1, -0.05) is 19.1 Å². The van der Waals surface area contributed by atoms with E-state index in [0.29, 0.717) is 24.0 Å². The fourth-order valence-electron chi connectivity index (χ4n) is 5.50. The van der Waals surface area contributed by atoms with Gasteiger partial charge in [-0.25, -0.2) is 0 Å². The number of ketones is 1. The third-order valence-electron chi connectivity index (χ3n) is 6.93. The minimum absolute atomic E-state index is 0.253. The molecule has 0 radical (unpaired) electrons. The van der Waals surface area contributed by atoms with Gasteiger partial charge in [0.05, 0.1) is 5.60 Å². The number of nitrogens with zero attached hydrogens (tertiary/aromatic N) is 1. The van der Waals surface area contributed by atoms with Crippen LogP contribution in [0.3, 0.4) is 0 Å². The lowest BCUT2D eigenvalue weighted by molar-refractivity contribution is -0.114. The number of allylic oxidation sites excluding steroid dienone is 5. The molecule has 0 aromatic carbocycles. The van der Waals surface area contributed by atoms with Crippen molar-refractivity contribution in [2.24, 2.45) is 17.3 Å². The van der Waals surface area contributed by atoms with Gasteiger partial charge in [-0.2, -0.15) is 5.26 Å². The maximum absolute atomic E-state index is 11.7. The molecule has 0 heterocycles. The number of fused-ring (bicyclic) bond motifs is 4. The van der Waals surface area contributed by atoms with E-state index in [0.717, 1.165) is 32.1 Å². The summed E-state index contributed by atoms with van der Waals surface area (Å²) in [6, 6.07) is 0.